The van der Waals surface area contributed by atoms with Crippen LogP contribution in [-0.4, -0.2) is 34.3 Å². The minimum Gasteiger partial charge on any atom is -0.312 e. The van der Waals surface area contributed by atoms with E-state index >= 15 is 0 Å². The third-order valence-electron chi connectivity index (χ3n) is 4.27. The number of hydrogen-bond acceptors (Lipinski definition) is 2. The SMILES string of the molecule is CCc1cccc(CN2C(=O)[C@H]3CCCCN3C2=O)c1. The number of piperidine rings is 1. The Kier molecular flexibility index (Phi) is 3.47. The molecule has 0 spiro atoms. The summed E-state index contributed by atoms with van der Waals surface area (Å²) in [5, 5.41) is 0. The van der Waals surface area contributed by atoms with Gasteiger partial charge in [-0.05, 0) is 36.8 Å². The molecule has 3 amide bonds. The summed E-state index contributed by atoms with van der Waals surface area (Å²) in [5.74, 6) is -0.0170. The summed E-state index contributed by atoms with van der Waals surface area (Å²) < 4.78 is 0. The highest BCUT2D eigenvalue weighted by molar-refractivity contribution is 6.04. The van der Waals surface area contributed by atoms with Crippen LogP contribution >= 0.6 is 0 Å². The molecule has 0 radical (unpaired) electrons. The lowest BCUT2D eigenvalue weighted by molar-refractivity contribution is -0.129. The minimum atomic E-state index is -0.203. The van der Waals surface area contributed by atoms with Crippen molar-refractivity contribution in [3.63, 3.8) is 0 Å². The molecule has 2 aliphatic rings. The van der Waals surface area contributed by atoms with Gasteiger partial charge in [-0.1, -0.05) is 31.2 Å². The fraction of sp³-hybridized carbons (Fsp3) is 0.500. The third kappa shape index (κ3) is 2.19. The van der Waals surface area contributed by atoms with Crippen LogP contribution < -0.4 is 0 Å². The van der Waals surface area contributed by atoms with Crippen LogP contribution in [0.3, 0.4) is 0 Å². The van der Waals surface area contributed by atoms with Gasteiger partial charge in [0.25, 0.3) is 5.91 Å². The Balaban J connectivity index is 1.79. The van der Waals surface area contributed by atoms with Gasteiger partial charge in [0.2, 0.25) is 0 Å². The molecule has 2 heterocycles. The summed E-state index contributed by atoms with van der Waals surface area (Å²) in [6.07, 6.45) is 3.83. The Hall–Kier alpha value is -1.84. The van der Waals surface area contributed by atoms with E-state index in [1.165, 1.54) is 10.5 Å². The lowest BCUT2D eigenvalue weighted by Crippen LogP contribution is -2.38. The molecule has 0 N–H and O–H groups in total. The van der Waals surface area contributed by atoms with Crippen molar-refractivity contribution in [2.45, 2.75) is 45.2 Å². The fourth-order valence-corrected chi connectivity index (χ4v) is 3.12. The van der Waals surface area contributed by atoms with E-state index in [0.29, 0.717) is 6.54 Å². The van der Waals surface area contributed by atoms with Gasteiger partial charge in [0, 0.05) is 6.54 Å². The standard InChI is InChI=1S/C16H20N2O2/c1-2-12-6-5-7-13(10-12)11-18-15(19)14-8-3-4-9-17(14)16(18)20/h5-7,10,14H,2-4,8-9,11H2,1H3/t14-/m1/s1. The van der Waals surface area contributed by atoms with Crippen molar-refractivity contribution in [3.05, 3.63) is 35.4 Å². The van der Waals surface area contributed by atoms with Gasteiger partial charge in [0.1, 0.15) is 6.04 Å². The van der Waals surface area contributed by atoms with Crippen LogP contribution in [0.4, 0.5) is 4.79 Å². The molecule has 3 rings (SSSR count). The number of amides is 3. The van der Waals surface area contributed by atoms with E-state index in [2.05, 4.69) is 19.1 Å². The molecule has 4 nitrogen and oxygen atoms in total. The van der Waals surface area contributed by atoms with Crippen molar-refractivity contribution in [2.75, 3.05) is 6.54 Å². The Bertz CT molecular complexity index is 517. The Morgan fingerprint density at radius 2 is 2.00 bits per heavy atom. The summed E-state index contributed by atoms with van der Waals surface area (Å²) in [7, 11) is 0. The van der Waals surface area contributed by atoms with Crippen molar-refractivity contribution in [1.82, 2.24) is 9.80 Å². The highest BCUT2D eigenvalue weighted by atomic mass is 16.2. The van der Waals surface area contributed by atoms with E-state index < -0.39 is 0 Å². The largest absolute Gasteiger partial charge is 0.327 e. The topological polar surface area (TPSA) is 40.6 Å². The minimum absolute atomic E-state index is 0.0170. The molecule has 0 unspecified atom stereocenters. The maximum absolute atomic E-state index is 12.4. The van der Waals surface area contributed by atoms with Crippen LogP contribution in [0.25, 0.3) is 0 Å². The second-order valence-electron chi connectivity index (χ2n) is 5.59. The van der Waals surface area contributed by atoms with E-state index in [9.17, 15) is 9.59 Å². The van der Waals surface area contributed by atoms with E-state index in [1.54, 1.807) is 4.90 Å². The number of carbonyl (C=O) groups is 2. The molecule has 2 saturated heterocycles. The van der Waals surface area contributed by atoms with E-state index in [1.807, 2.05) is 12.1 Å². The smallest absolute Gasteiger partial charge is 0.312 e. The summed E-state index contributed by atoms with van der Waals surface area (Å²) in [5.41, 5.74) is 2.27. The maximum Gasteiger partial charge on any atom is 0.327 e. The predicted octanol–water partition coefficient (Wildman–Crippen LogP) is 2.57. The first-order valence-electron chi connectivity index (χ1n) is 7.40. The lowest BCUT2D eigenvalue weighted by atomic mass is 10.0. The van der Waals surface area contributed by atoms with Gasteiger partial charge in [-0.25, -0.2) is 4.79 Å². The summed E-state index contributed by atoms with van der Waals surface area (Å²) in [6, 6.07) is 7.81. The normalized spacial score (nSPS) is 22.4. The molecule has 1 atom stereocenters. The number of urea groups is 1. The molecule has 20 heavy (non-hydrogen) atoms. The zero-order valence-corrected chi connectivity index (χ0v) is 11.8. The molecule has 1 aromatic rings. The molecule has 4 heteroatoms. The van der Waals surface area contributed by atoms with Crippen LogP contribution in [0.2, 0.25) is 0 Å². The molecular weight excluding hydrogens is 252 g/mol. The molecule has 0 aromatic heterocycles. The molecule has 2 fully saturated rings. The molecule has 0 aliphatic carbocycles. The van der Waals surface area contributed by atoms with Gasteiger partial charge in [-0.3, -0.25) is 9.69 Å². The number of nitrogens with zero attached hydrogens (tertiary/aromatic N) is 2. The van der Waals surface area contributed by atoms with Crippen molar-refractivity contribution < 1.29 is 9.59 Å². The monoisotopic (exact) mass is 272 g/mol. The average Bonchev–Trinajstić information content (AvgIpc) is 2.73. The maximum atomic E-state index is 12.4. The van der Waals surface area contributed by atoms with Gasteiger partial charge in [-0.15, -0.1) is 0 Å². The number of carbonyl (C=O) groups excluding carboxylic acids is 2. The number of aryl methyl sites for hydroxylation is 1. The Labute approximate surface area is 119 Å². The average molecular weight is 272 g/mol. The molecule has 0 saturated carbocycles. The van der Waals surface area contributed by atoms with Gasteiger partial charge in [-0.2, -0.15) is 0 Å². The first-order chi connectivity index (χ1) is 9.70. The van der Waals surface area contributed by atoms with Crippen LogP contribution in [-0.2, 0) is 17.8 Å². The summed E-state index contributed by atoms with van der Waals surface area (Å²) in [6.45, 7) is 3.23. The summed E-state index contributed by atoms with van der Waals surface area (Å²) >= 11 is 0. The van der Waals surface area contributed by atoms with Gasteiger partial charge in [0.05, 0.1) is 6.54 Å². The fourth-order valence-electron chi connectivity index (χ4n) is 3.12. The van der Waals surface area contributed by atoms with E-state index in [4.69, 9.17) is 0 Å². The highest BCUT2D eigenvalue weighted by Crippen LogP contribution is 2.27. The molecule has 1 aromatic carbocycles. The van der Waals surface area contributed by atoms with Crippen LogP contribution in [0.5, 0.6) is 0 Å². The first kappa shape index (κ1) is 13.2. The second-order valence-corrected chi connectivity index (χ2v) is 5.59. The van der Waals surface area contributed by atoms with E-state index in [-0.39, 0.29) is 18.0 Å². The van der Waals surface area contributed by atoms with Gasteiger partial charge in [0.15, 0.2) is 0 Å². The van der Waals surface area contributed by atoms with Crippen LogP contribution in [0.1, 0.15) is 37.3 Å². The van der Waals surface area contributed by atoms with Crippen LogP contribution in [0.15, 0.2) is 24.3 Å². The molecule has 2 aliphatic heterocycles. The van der Waals surface area contributed by atoms with Crippen molar-refractivity contribution in [2.24, 2.45) is 0 Å². The molecule has 0 bridgehead atoms. The first-order valence-corrected chi connectivity index (χ1v) is 7.40. The van der Waals surface area contributed by atoms with Crippen molar-refractivity contribution >= 4 is 11.9 Å². The van der Waals surface area contributed by atoms with Crippen LogP contribution in [0, 0.1) is 0 Å². The molecular formula is C16H20N2O2. The quantitative estimate of drug-likeness (QED) is 0.793. The second kappa shape index (κ2) is 5.27. The van der Waals surface area contributed by atoms with E-state index in [0.717, 1.165) is 37.8 Å². The highest BCUT2D eigenvalue weighted by Gasteiger charge is 2.45. The number of rotatable bonds is 3. The predicted molar refractivity (Wildman–Crippen MR) is 76.1 cm³/mol. The third-order valence-corrected chi connectivity index (χ3v) is 4.27. The Morgan fingerprint density at radius 3 is 2.75 bits per heavy atom. The van der Waals surface area contributed by atoms with Crippen molar-refractivity contribution in [1.29, 1.82) is 0 Å². The number of hydrogen-bond donors (Lipinski definition) is 0. The molecule has 106 valence electrons. The zero-order chi connectivity index (χ0) is 14.1. The summed E-state index contributed by atoms with van der Waals surface area (Å²) in [4.78, 5) is 27.9. The number of imide groups is 1. The number of fused-ring (bicyclic) bond motifs is 1. The zero-order valence-electron chi connectivity index (χ0n) is 11.8. The van der Waals surface area contributed by atoms with Gasteiger partial charge >= 0.3 is 6.03 Å². The van der Waals surface area contributed by atoms with Crippen molar-refractivity contribution in [3.8, 4) is 0 Å². The number of benzene rings is 1. The Morgan fingerprint density at radius 1 is 1.20 bits per heavy atom. The lowest BCUT2D eigenvalue weighted by Gasteiger charge is -2.26. The van der Waals surface area contributed by atoms with Gasteiger partial charge < -0.3 is 4.90 Å².